The van der Waals surface area contributed by atoms with E-state index < -0.39 is 6.10 Å². The van der Waals surface area contributed by atoms with Crippen molar-refractivity contribution in [3.05, 3.63) is 12.2 Å². The molecule has 1 N–H and O–H groups in total. The lowest BCUT2D eigenvalue weighted by atomic mass is 10.0. The van der Waals surface area contributed by atoms with Crippen LogP contribution in [0.5, 0.6) is 0 Å². The van der Waals surface area contributed by atoms with E-state index in [1.807, 2.05) is 0 Å². The monoisotopic (exact) mass is 693 g/mol. The molecule has 1 rings (SSSR count). The number of hydrogen-bond acceptors (Lipinski definition) is 6. The standard InChI is InChI=1S/C43H80O6/c1-4-5-26-32-40-41(49-40)33-28-23-19-16-17-21-25-30-35-43(46)48-39(36-44)37-47-42(45)34-29-24-20-15-13-11-9-7-6-8-10-12-14-18-22-27-31-38(2)3/h23,28,38-41,44H,4-22,24-27,29-37H2,1-3H3/b28-23-/t39-,40?,41?/m0/s1. The fraction of sp³-hybridized carbons (Fsp3) is 0.907. The van der Waals surface area contributed by atoms with Crippen LogP contribution >= 0.6 is 0 Å². The van der Waals surface area contributed by atoms with E-state index in [1.54, 1.807) is 0 Å². The average molecular weight is 693 g/mol. The Hall–Kier alpha value is -1.40. The van der Waals surface area contributed by atoms with Gasteiger partial charge in [0.05, 0.1) is 18.8 Å². The van der Waals surface area contributed by atoms with Gasteiger partial charge in [-0.15, -0.1) is 0 Å². The molecule has 1 fully saturated rings. The molecule has 1 aliphatic rings. The number of ether oxygens (including phenoxy) is 3. The van der Waals surface area contributed by atoms with Crippen LogP contribution in [0, 0.1) is 5.92 Å². The fourth-order valence-electron chi connectivity index (χ4n) is 6.57. The maximum Gasteiger partial charge on any atom is 0.306 e. The highest BCUT2D eigenvalue weighted by Gasteiger charge is 2.36. The SMILES string of the molecule is CCCCCC1OC1C/C=C\CCCCCCCC(=O)O[C@@H](CO)COC(=O)CCCCCCCCCCCCCCCCCCC(C)C. The number of aliphatic hydroxyl groups excluding tert-OH is 1. The minimum absolute atomic E-state index is 0.0700. The van der Waals surface area contributed by atoms with Crippen molar-refractivity contribution in [3.63, 3.8) is 0 Å². The fourth-order valence-corrected chi connectivity index (χ4v) is 6.57. The van der Waals surface area contributed by atoms with Crippen LogP contribution in [0.1, 0.15) is 213 Å². The van der Waals surface area contributed by atoms with Gasteiger partial charge in [0.1, 0.15) is 6.61 Å². The lowest BCUT2D eigenvalue weighted by Crippen LogP contribution is -2.28. The zero-order valence-electron chi connectivity index (χ0n) is 32.6. The number of carbonyl (C=O) groups is 2. The van der Waals surface area contributed by atoms with Gasteiger partial charge in [0, 0.05) is 12.8 Å². The van der Waals surface area contributed by atoms with Gasteiger partial charge in [-0.05, 0) is 44.4 Å². The molecule has 0 saturated carbocycles. The molecule has 0 aromatic rings. The normalized spacial score (nSPS) is 16.4. The Balaban J connectivity index is 1.84. The molecular formula is C43H80O6. The topological polar surface area (TPSA) is 85.4 Å². The van der Waals surface area contributed by atoms with E-state index in [0.29, 0.717) is 25.0 Å². The van der Waals surface area contributed by atoms with Crippen molar-refractivity contribution in [2.75, 3.05) is 13.2 Å². The first-order valence-electron chi connectivity index (χ1n) is 21.2. The zero-order chi connectivity index (χ0) is 35.6. The predicted octanol–water partition coefficient (Wildman–Crippen LogP) is 12.1. The van der Waals surface area contributed by atoms with Crippen LogP contribution in [0.15, 0.2) is 12.2 Å². The number of allylic oxidation sites excluding steroid dienone is 1. The van der Waals surface area contributed by atoms with Crippen molar-refractivity contribution < 1.29 is 28.9 Å². The van der Waals surface area contributed by atoms with Crippen molar-refractivity contribution in [1.82, 2.24) is 0 Å². The van der Waals surface area contributed by atoms with E-state index in [1.165, 1.54) is 122 Å². The molecule has 0 radical (unpaired) electrons. The van der Waals surface area contributed by atoms with Gasteiger partial charge < -0.3 is 19.3 Å². The van der Waals surface area contributed by atoms with Gasteiger partial charge in [0.15, 0.2) is 6.10 Å². The van der Waals surface area contributed by atoms with Gasteiger partial charge in [-0.1, -0.05) is 174 Å². The first kappa shape index (κ1) is 45.6. The summed E-state index contributed by atoms with van der Waals surface area (Å²) < 4.78 is 16.4. The molecule has 0 aromatic heterocycles. The van der Waals surface area contributed by atoms with Crippen LogP contribution < -0.4 is 0 Å². The average Bonchev–Trinajstić information content (AvgIpc) is 3.84. The lowest BCUT2D eigenvalue weighted by molar-refractivity contribution is -0.161. The van der Waals surface area contributed by atoms with Crippen LogP contribution in [-0.4, -0.2) is 48.6 Å². The number of unbranched alkanes of at least 4 members (excludes halogenated alkanes) is 22. The van der Waals surface area contributed by atoms with Gasteiger partial charge in [-0.2, -0.15) is 0 Å². The second kappa shape index (κ2) is 33.7. The Morgan fingerprint density at radius 3 is 1.67 bits per heavy atom. The van der Waals surface area contributed by atoms with E-state index in [2.05, 4.69) is 32.9 Å². The minimum Gasteiger partial charge on any atom is -0.462 e. The first-order chi connectivity index (χ1) is 24.0. The summed E-state index contributed by atoms with van der Waals surface area (Å²) in [7, 11) is 0. The first-order valence-corrected chi connectivity index (χ1v) is 21.2. The highest BCUT2D eigenvalue weighted by molar-refractivity contribution is 5.70. The molecule has 2 unspecified atom stereocenters. The smallest absolute Gasteiger partial charge is 0.306 e. The number of hydrogen-bond donors (Lipinski definition) is 1. The Kier molecular flexibility index (Phi) is 31.4. The maximum absolute atomic E-state index is 12.2. The molecule has 288 valence electrons. The summed E-state index contributed by atoms with van der Waals surface area (Å²) in [5.41, 5.74) is 0. The summed E-state index contributed by atoms with van der Waals surface area (Å²) in [5, 5.41) is 9.57. The molecule has 0 spiro atoms. The van der Waals surface area contributed by atoms with Crippen molar-refractivity contribution in [3.8, 4) is 0 Å². The summed E-state index contributed by atoms with van der Waals surface area (Å²) in [5.74, 6) is 0.254. The third-order valence-electron chi connectivity index (χ3n) is 9.91. The molecule has 1 aliphatic heterocycles. The van der Waals surface area contributed by atoms with Crippen LogP contribution in [0.3, 0.4) is 0 Å². The van der Waals surface area contributed by atoms with Crippen LogP contribution in [0.25, 0.3) is 0 Å². The Labute approximate surface area is 303 Å². The molecule has 49 heavy (non-hydrogen) atoms. The van der Waals surface area contributed by atoms with Gasteiger partial charge in [-0.25, -0.2) is 0 Å². The van der Waals surface area contributed by atoms with Gasteiger partial charge >= 0.3 is 11.9 Å². The molecular weight excluding hydrogens is 612 g/mol. The number of esters is 2. The zero-order valence-corrected chi connectivity index (χ0v) is 32.6. The highest BCUT2D eigenvalue weighted by Crippen LogP contribution is 2.30. The summed E-state index contributed by atoms with van der Waals surface area (Å²) in [6.07, 6.45) is 40.2. The molecule has 6 nitrogen and oxygen atoms in total. The molecule has 0 amide bonds. The molecule has 0 bridgehead atoms. The van der Waals surface area contributed by atoms with Gasteiger partial charge in [-0.3, -0.25) is 9.59 Å². The van der Waals surface area contributed by atoms with Crippen LogP contribution in [-0.2, 0) is 23.8 Å². The maximum atomic E-state index is 12.2. The van der Waals surface area contributed by atoms with Crippen molar-refractivity contribution in [2.45, 2.75) is 232 Å². The lowest BCUT2D eigenvalue weighted by Gasteiger charge is -2.15. The summed E-state index contributed by atoms with van der Waals surface area (Å²) in [4.78, 5) is 24.3. The third kappa shape index (κ3) is 31.1. The minimum atomic E-state index is -0.777. The predicted molar refractivity (Wildman–Crippen MR) is 205 cm³/mol. The highest BCUT2D eigenvalue weighted by atomic mass is 16.6. The summed E-state index contributed by atoms with van der Waals surface area (Å²) in [6, 6.07) is 0. The van der Waals surface area contributed by atoms with Gasteiger partial charge in [0.2, 0.25) is 0 Å². The van der Waals surface area contributed by atoms with Crippen molar-refractivity contribution in [2.24, 2.45) is 5.92 Å². The largest absolute Gasteiger partial charge is 0.462 e. The van der Waals surface area contributed by atoms with E-state index in [9.17, 15) is 14.7 Å². The second-order valence-corrected chi connectivity index (χ2v) is 15.3. The van der Waals surface area contributed by atoms with Crippen molar-refractivity contribution in [1.29, 1.82) is 0 Å². The Bertz CT molecular complexity index is 780. The molecule has 0 aliphatic carbocycles. The molecule has 1 heterocycles. The summed E-state index contributed by atoms with van der Waals surface area (Å²) in [6.45, 7) is 6.47. The molecule has 1 saturated heterocycles. The van der Waals surface area contributed by atoms with E-state index >= 15 is 0 Å². The van der Waals surface area contributed by atoms with E-state index in [4.69, 9.17) is 14.2 Å². The Morgan fingerprint density at radius 2 is 1.14 bits per heavy atom. The molecule has 3 atom stereocenters. The molecule has 0 aromatic carbocycles. The quantitative estimate of drug-likeness (QED) is 0.0302. The number of epoxide rings is 1. The van der Waals surface area contributed by atoms with E-state index in [-0.39, 0.29) is 25.2 Å². The van der Waals surface area contributed by atoms with Crippen LogP contribution in [0.4, 0.5) is 0 Å². The third-order valence-corrected chi connectivity index (χ3v) is 9.91. The number of carbonyl (C=O) groups excluding carboxylic acids is 2. The summed E-state index contributed by atoms with van der Waals surface area (Å²) >= 11 is 0. The number of rotatable bonds is 37. The number of aliphatic hydroxyl groups is 1. The second-order valence-electron chi connectivity index (χ2n) is 15.3. The molecule has 6 heteroatoms. The van der Waals surface area contributed by atoms with Crippen LogP contribution in [0.2, 0.25) is 0 Å². The van der Waals surface area contributed by atoms with Gasteiger partial charge in [0.25, 0.3) is 0 Å². The Morgan fingerprint density at radius 1 is 0.633 bits per heavy atom. The van der Waals surface area contributed by atoms with E-state index in [0.717, 1.165) is 63.7 Å². The van der Waals surface area contributed by atoms with Crippen molar-refractivity contribution >= 4 is 11.9 Å².